The maximum atomic E-state index is 3.91. The molecule has 0 aliphatic heterocycles. The minimum Gasteiger partial charge on any atom is -0.385 e. The summed E-state index contributed by atoms with van der Waals surface area (Å²) < 4.78 is 0. The van der Waals surface area contributed by atoms with Crippen molar-refractivity contribution in [1.82, 2.24) is 5.32 Å². The minimum atomic E-state index is 0.888. The first-order valence-electron chi connectivity index (χ1n) is 4.70. The van der Waals surface area contributed by atoms with Crippen LogP contribution in [-0.4, -0.2) is 0 Å². The molecule has 1 aromatic carbocycles. The number of rotatable bonds is 4. The maximum absolute atomic E-state index is 3.91. The Hall–Kier alpha value is -1.24. The molecule has 13 heavy (non-hydrogen) atoms. The van der Waals surface area contributed by atoms with Crippen LogP contribution in [0.25, 0.3) is 0 Å². The lowest BCUT2D eigenvalue weighted by molar-refractivity contribution is 0.773. The third-order valence-corrected chi connectivity index (χ3v) is 2.22. The second-order valence-corrected chi connectivity index (χ2v) is 3.24. The van der Waals surface area contributed by atoms with Gasteiger partial charge in [-0.3, -0.25) is 0 Å². The van der Waals surface area contributed by atoms with E-state index >= 15 is 0 Å². The van der Waals surface area contributed by atoms with Crippen molar-refractivity contribution in [2.45, 2.75) is 26.8 Å². The Morgan fingerprint density at radius 1 is 1.38 bits per heavy atom. The summed E-state index contributed by atoms with van der Waals surface area (Å²) in [6.07, 6.45) is 0.992. The second kappa shape index (κ2) is 4.70. The lowest BCUT2D eigenvalue weighted by Gasteiger charge is -2.09. The molecule has 0 heterocycles. The molecule has 0 bridgehead atoms. The van der Waals surface area contributed by atoms with Crippen LogP contribution in [0.2, 0.25) is 0 Å². The molecule has 1 heteroatoms. The number of nitrogens with one attached hydrogen (secondary N) is 1. The summed E-state index contributed by atoms with van der Waals surface area (Å²) in [6.45, 7) is 9.03. The third kappa shape index (κ3) is 2.94. The van der Waals surface area contributed by atoms with Crippen molar-refractivity contribution in [1.29, 1.82) is 0 Å². The summed E-state index contributed by atoms with van der Waals surface area (Å²) >= 11 is 0. The van der Waals surface area contributed by atoms with Gasteiger partial charge in [-0.2, -0.15) is 0 Å². The lowest BCUT2D eigenvalue weighted by atomic mass is 10.1. The molecule has 0 unspecified atom stereocenters. The zero-order chi connectivity index (χ0) is 9.68. The Balaban J connectivity index is 2.54. The minimum absolute atomic E-state index is 0.888. The molecule has 1 N–H and O–H groups in total. The molecule has 0 aromatic heterocycles. The Labute approximate surface area is 80.5 Å². The van der Waals surface area contributed by atoms with Crippen molar-refractivity contribution >= 4 is 0 Å². The van der Waals surface area contributed by atoms with E-state index in [1.807, 2.05) is 0 Å². The summed E-state index contributed by atoms with van der Waals surface area (Å²) in [7, 11) is 0. The summed E-state index contributed by atoms with van der Waals surface area (Å²) in [5.41, 5.74) is 3.78. The van der Waals surface area contributed by atoms with E-state index in [2.05, 4.69) is 50.0 Å². The number of aryl methyl sites for hydroxylation is 1. The molecule has 1 aromatic rings. The van der Waals surface area contributed by atoms with Crippen LogP contribution < -0.4 is 5.32 Å². The zero-order valence-corrected chi connectivity index (χ0v) is 8.43. The predicted molar refractivity (Wildman–Crippen MR) is 57.4 cm³/mol. The molecule has 0 saturated carbocycles. The molecular weight excluding hydrogens is 158 g/mol. The van der Waals surface area contributed by atoms with Crippen LogP contribution in [0.1, 0.15) is 24.5 Å². The van der Waals surface area contributed by atoms with Gasteiger partial charge in [0, 0.05) is 12.2 Å². The lowest BCUT2D eigenvalue weighted by Crippen LogP contribution is -2.11. The van der Waals surface area contributed by atoms with Gasteiger partial charge in [-0.1, -0.05) is 37.8 Å². The van der Waals surface area contributed by atoms with Gasteiger partial charge in [0.2, 0.25) is 0 Å². The number of hydrogen-bond acceptors (Lipinski definition) is 1. The molecule has 0 fully saturated rings. The average molecular weight is 175 g/mol. The number of allylic oxidation sites excluding steroid dienone is 1. The Morgan fingerprint density at radius 2 is 2.08 bits per heavy atom. The smallest absolute Gasteiger partial charge is 0.0400 e. The second-order valence-electron chi connectivity index (χ2n) is 3.24. The summed E-state index contributed by atoms with van der Waals surface area (Å²) in [5, 5.41) is 3.29. The van der Waals surface area contributed by atoms with Crippen molar-refractivity contribution in [3.8, 4) is 0 Å². The van der Waals surface area contributed by atoms with Crippen LogP contribution in [0.3, 0.4) is 0 Å². The van der Waals surface area contributed by atoms with Crippen molar-refractivity contribution in [2.24, 2.45) is 0 Å². The fourth-order valence-electron chi connectivity index (χ4n) is 1.15. The van der Waals surface area contributed by atoms with Gasteiger partial charge in [0.15, 0.2) is 0 Å². The van der Waals surface area contributed by atoms with Crippen LogP contribution >= 0.6 is 0 Å². The van der Waals surface area contributed by atoms with Gasteiger partial charge in [0.1, 0.15) is 0 Å². The van der Waals surface area contributed by atoms with Crippen molar-refractivity contribution in [2.75, 3.05) is 0 Å². The molecule has 70 valence electrons. The highest BCUT2D eigenvalue weighted by atomic mass is 14.9. The zero-order valence-electron chi connectivity index (χ0n) is 8.43. The van der Waals surface area contributed by atoms with Crippen molar-refractivity contribution in [3.05, 3.63) is 47.7 Å². The standard InChI is InChI=1S/C12H17N/c1-4-11(3)13-9-12-8-6-5-7-10(12)2/h5-8,13H,3-4,9H2,1-2H3. The van der Waals surface area contributed by atoms with Crippen LogP contribution in [0.4, 0.5) is 0 Å². The van der Waals surface area contributed by atoms with E-state index in [0.29, 0.717) is 0 Å². The quantitative estimate of drug-likeness (QED) is 0.741. The number of benzene rings is 1. The number of hydrogen-bond donors (Lipinski definition) is 1. The van der Waals surface area contributed by atoms with E-state index in [1.54, 1.807) is 0 Å². The van der Waals surface area contributed by atoms with E-state index in [-0.39, 0.29) is 0 Å². The summed E-state index contributed by atoms with van der Waals surface area (Å²) in [6, 6.07) is 8.41. The molecule has 0 radical (unpaired) electrons. The van der Waals surface area contributed by atoms with Crippen LogP contribution in [-0.2, 0) is 6.54 Å². The largest absolute Gasteiger partial charge is 0.385 e. The van der Waals surface area contributed by atoms with E-state index < -0.39 is 0 Å². The van der Waals surface area contributed by atoms with Gasteiger partial charge in [-0.15, -0.1) is 0 Å². The molecule has 0 saturated heterocycles. The monoisotopic (exact) mass is 175 g/mol. The van der Waals surface area contributed by atoms with Crippen LogP contribution in [0.5, 0.6) is 0 Å². The van der Waals surface area contributed by atoms with Crippen LogP contribution in [0.15, 0.2) is 36.5 Å². The van der Waals surface area contributed by atoms with Gasteiger partial charge >= 0.3 is 0 Å². The molecular formula is C12H17N. The summed E-state index contributed by atoms with van der Waals surface area (Å²) in [4.78, 5) is 0. The predicted octanol–water partition coefficient (Wildman–Crippen LogP) is 3.01. The van der Waals surface area contributed by atoms with E-state index in [0.717, 1.165) is 18.7 Å². The summed E-state index contributed by atoms with van der Waals surface area (Å²) in [5.74, 6) is 0. The Morgan fingerprint density at radius 3 is 2.69 bits per heavy atom. The van der Waals surface area contributed by atoms with Crippen molar-refractivity contribution in [3.63, 3.8) is 0 Å². The van der Waals surface area contributed by atoms with E-state index in [4.69, 9.17) is 0 Å². The topological polar surface area (TPSA) is 12.0 Å². The highest BCUT2D eigenvalue weighted by Gasteiger charge is 1.95. The normalized spacial score (nSPS) is 9.69. The van der Waals surface area contributed by atoms with Gasteiger partial charge in [0.05, 0.1) is 0 Å². The van der Waals surface area contributed by atoms with Crippen LogP contribution in [0, 0.1) is 6.92 Å². The van der Waals surface area contributed by atoms with Gasteiger partial charge in [-0.05, 0) is 24.5 Å². The molecule has 0 atom stereocenters. The highest BCUT2D eigenvalue weighted by Crippen LogP contribution is 2.07. The first-order valence-corrected chi connectivity index (χ1v) is 4.70. The van der Waals surface area contributed by atoms with E-state index in [9.17, 15) is 0 Å². The fourth-order valence-corrected chi connectivity index (χ4v) is 1.15. The third-order valence-electron chi connectivity index (χ3n) is 2.22. The molecule has 0 amide bonds. The maximum Gasteiger partial charge on any atom is 0.0400 e. The molecule has 0 aliphatic carbocycles. The van der Waals surface area contributed by atoms with Gasteiger partial charge < -0.3 is 5.32 Å². The average Bonchev–Trinajstić information content (AvgIpc) is 2.16. The molecule has 1 rings (SSSR count). The first-order chi connectivity index (χ1) is 6.24. The Kier molecular flexibility index (Phi) is 3.56. The van der Waals surface area contributed by atoms with Gasteiger partial charge in [0.25, 0.3) is 0 Å². The highest BCUT2D eigenvalue weighted by molar-refractivity contribution is 5.25. The molecule has 1 nitrogen and oxygen atoms in total. The van der Waals surface area contributed by atoms with Gasteiger partial charge in [-0.25, -0.2) is 0 Å². The molecule has 0 spiro atoms. The van der Waals surface area contributed by atoms with E-state index in [1.165, 1.54) is 11.1 Å². The fraction of sp³-hybridized carbons (Fsp3) is 0.333. The van der Waals surface area contributed by atoms with Crippen molar-refractivity contribution < 1.29 is 0 Å². The Bertz CT molecular complexity index is 289. The first kappa shape index (κ1) is 9.85. The SMILES string of the molecule is C=C(CC)NCc1ccccc1C. The molecule has 0 aliphatic rings.